The first-order chi connectivity index (χ1) is 8.99. The van der Waals surface area contributed by atoms with Crippen LogP contribution in [0.3, 0.4) is 0 Å². The molecule has 0 bridgehead atoms. The monoisotopic (exact) mass is 280 g/mol. The normalized spacial score (nSPS) is 12.3. The largest absolute Gasteiger partial charge is 0.454 e. The molecule has 2 aromatic carbocycles. The lowest BCUT2D eigenvalue weighted by molar-refractivity contribution is 0.194. The molecule has 0 amide bonds. The molecule has 1 atom stereocenters. The van der Waals surface area contributed by atoms with Gasteiger partial charge < -0.3 is 9.84 Å². The Bertz CT molecular complexity index is 597. The number of hydrogen-bond donors (Lipinski definition) is 1. The van der Waals surface area contributed by atoms with E-state index >= 15 is 0 Å². The third-order valence-electron chi connectivity index (χ3n) is 2.80. The molecule has 0 aliphatic rings. The van der Waals surface area contributed by atoms with Gasteiger partial charge in [-0.25, -0.2) is 4.39 Å². The summed E-state index contributed by atoms with van der Waals surface area (Å²) in [6.45, 7) is 3.39. The summed E-state index contributed by atoms with van der Waals surface area (Å²) in [5.41, 5.74) is 1.21. The zero-order valence-corrected chi connectivity index (χ0v) is 11.4. The molecule has 4 heteroatoms. The summed E-state index contributed by atoms with van der Waals surface area (Å²) in [4.78, 5) is 0. The van der Waals surface area contributed by atoms with Crippen LogP contribution in [0.2, 0.25) is 5.02 Å². The van der Waals surface area contributed by atoms with Gasteiger partial charge in [-0.3, -0.25) is 0 Å². The summed E-state index contributed by atoms with van der Waals surface area (Å²) < 4.78 is 19.4. The molecule has 0 radical (unpaired) electrons. The Morgan fingerprint density at radius 2 is 2.00 bits per heavy atom. The first kappa shape index (κ1) is 13.8. The van der Waals surface area contributed by atoms with Gasteiger partial charge in [0, 0.05) is 10.6 Å². The average Bonchev–Trinajstić information content (AvgIpc) is 2.34. The number of benzene rings is 2. The van der Waals surface area contributed by atoms with E-state index in [4.69, 9.17) is 16.3 Å². The molecule has 0 saturated heterocycles. The van der Waals surface area contributed by atoms with Crippen molar-refractivity contribution < 1.29 is 14.2 Å². The second-order valence-electron chi connectivity index (χ2n) is 4.35. The summed E-state index contributed by atoms with van der Waals surface area (Å²) >= 11 is 5.86. The number of rotatable bonds is 3. The van der Waals surface area contributed by atoms with Crippen molar-refractivity contribution >= 4 is 11.6 Å². The van der Waals surface area contributed by atoms with E-state index in [1.807, 2.05) is 6.92 Å². The molecule has 0 spiro atoms. The molecule has 0 aliphatic carbocycles. The molecule has 1 N–H and O–H groups in total. The van der Waals surface area contributed by atoms with Crippen molar-refractivity contribution in [3.63, 3.8) is 0 Å². The Kier molecular flexibility index (Phi) is 4.08. The fourth-order valence-electron chi connectivity index (χ4n) is 1.80. The molecule has 0 aliphatic heterocycles. The van der Waals surface area contributed by atoms with Crippen LogP contribution in [0, 0.1) is 12.7 Å². The molecule has 2 rings (SSSR count). The highest BCUT2D eigenvalue weighted by Gasteiger charge is 2.15. The molecule has 2 aromatic rings. The Hall–Kier alpha value is -1.58. The van der Waals surface area contributed by atoms with Crippen LogP contribution in [0.4, 0.5) is 4.39 Å². The maximum absolute atomic E-state index is 13.8. The van der Waals surface area contributed by atoms with Gasteiger partial charge >= 0.3 is 0 Å². The van der Waals surface area contributed by atoms with Gasteiger partial charge in [0.2, 0.25) is 0 Å². The van der Waals surface area contributed by atoms with Crippen LogP contribution in [-0.4, -0.2) is 5.11 Å². The number of hydrogen-bond acceptors (Lipinski definition) is 2. The molecule has 100 valence electrons. The van der Waals surface area contributed by atoms with Crippen molar-refractivity contribution in [1.29, 1.82) is 0 Å². The van der Waals surface area contributed by atoms with Gasteiger partial charge in [-0.05, 0) is 43.7 Å². The molecule has 19 heavy (non-hydrogen) atoms. The van der Waals surface area contributed by atoms with Gasteiger partial charge in [0.1, 0.15) is 5.75 Å². The summed E-state index contributed by atoms with van der Waals surface area (Å²) in [5.74, 6) is 0.0482. The second kappa shape index (κ2) is 5.59. The minimum atomic E-state index is -0.807. The topological polar surface area (TPSA) is 29.5 Å². The van der Waals surface area contributed by atoms with Crippen LogP contribution in [-0.2, 0) is 0 Å². The van der Waals surface area contributed by atoms with Crippen LogP contribution >= 0.6 is 11.6 Å². The van der Waals surface area contributed by atoms with Crippen molar-refractivity contribution in [3.05, 3.63) is 58.4 Å². The molecule has 0 unspecified atom stereocenters. The zero-order chi connectivity index (χ0) is 14.0. The minimum absolute atomic E-state index is 0.0444. The summed E-state index contributed by atoms with van der Waals surface area (Å²) in [6.07, 6.45) is -0.807. The van der Waals surface area contributed by atoms with Gasteiger partial charge in [0.15, 0.2) is 11.6 Å². The predicted octanol–water partition coefficient (Wildman–Crippen LogP) is 4.63. The fraction of sp³-hybridized carbons (Fsp3) is 0.200. The van der Waals surface area contributed by atoms with Gasteiger partial charge in [-0.15, -0.1) is 0 Å². The third kappa shape index (κ3) is 3.06. The molecular weight excluding hydrogens is 267 g/mol. The van der Waals surface area contributed by atoms with E-state index in [2.05, 4.69) is 0 Å². The Morgan fingerprint density at radius 1 is 1.26 bits per heavy atom. The van der Waals surface area contributed by atoms with Crippen molar-refractivity contribution in [2.45, 2.75) is 20.0 Å². The SMILES string of the molecule is Cc1cc(Cl)ccc1Oc1c(F)cccc1[C@H](C)O. The van der Waals surface area contributed by atoms with E-state index < -0.39 is 11.9 Å². The average molecular weight is 281 g/mol. The zero-order valence-electron chi connectivity index (χ0n) is 10.7. The predicted molar refractivity (Wildman–Crippen MR) is 73.3 cm³/mol. The van der Waals surface area contributed by atoms with Crippen molar-refractivity contribution in [1.82, 2.24) is 0 Å². The van der Waals surface area contributed by atoms with Gasteiger partial charge in [0.25, 0.3) is 0 Å². The van der Waals surface area contributed by atoms with Crippen molar-refractivity contribution in [3.8, 4) is 11.5 Å². The van der Waals surface area contributed by atoms with Gasteiger partial charge in [-0.2, -0.15) is 0 Å². The van der Waals surface area contributed by atoms with E-state index in [-0.39, 0.29) is 5.75 Å². The summed E-state index contributed by atoms with van der Waals surface area (Å²) in [7, 11) is 0. The molecule has 0 fully saturated rings. The maximum Gasteiger partial charge on any atom is 0.168 e. The van der Waals surface area contributed by atoms with Crippen LogP contribution in [0.15, 0.2) is 36.4 Å². The summed E-state index contributed by atoms with van der Waals surface area (Å²) in [5, 5.41) is 10.2. The lowest BCUT2D eigenvalue weighted by Crippen LogP contribution is -1.99. The molecular formula is C15H14ClFO2. The minimum Gasteiger partial charge on any atom is -0.454 e. The van der Waals surface area contributed by atoms with E-state index in [9.17, 15) is 9.50 Å². The van der Waals surface area contributed by atoms with E-state index in [1.165, 1.54) is 6.07 Å². The lowest BCUT2D eigenvalue weighted by Gasteiger charge is -2.15. The van der Waals surface area contributed by atoms with Crippen molar-refractivity contribution in [2.75, 3.05) is 0 Å². The maximum atomic E-state index is 13.8. The fourth-order valence-corrected chi connectivity index (χ4v) is 2.03. The third-order valence-corrected chi connectivity index (χ3v) is 3.03. The highest BCUT2D eigenvalue weighted by atomic mass is 35.5. The first-order valence-corrected chi connectivity index (χ1v) is 6.27. The Labute approximate surface area is 116 Å². The lowest BCUT2D eigenvalue weighted by atomic mass is 10.1. The van der Waals surface area contributed by atoms with E-state index in [1.54, 1.807) is 37.3 Å². The number of para-hydroxylation sites is 1. The van der Waals surface area contributed by atoms with E-state index in [0.717, 1.165) is 5.56 Å². The molecule has 2 nitrogen and oxygen atoms in total. The molecule has 0 saturated carbocycles. The molecule has 0 aromatic heterocycles. The number of aliphatic hydroxyl groups is 1. The standard InChI is InChI=1S/C15H14ClFO2/c1-9-8-11(16)6-7-14(9)19-15-12(10(2)18)4-3-5-13(15)17/h3-8,10,18H,1-2H3/t10-/m0/s1. The number of aryl methyl sites for hydroxylation is 1. The van der Waals surface area contributed by atoms with Crippen LogP contribution < -0.4 is 4.74 Å². The first-order valence-electron chi connectivity index (χ1n) is 5.89. The summed E-state index contributed by atoms with van der Waals surface area (Å²) in [6, 6.07) is 9.56. The van der Waals surface area contributed by atoms with Crippen LogP contribution in [0.5, 0.6) is 11.5 Å². The smallest absolute Gasteiger partial charge is 0.168 e. The highest BCUT2D eigenvalue weighted by Crippen LogP contribution is 2.34. The van der Waals surface area contributed by atoms with Gasteiger partial charge in [0.05, 0.1) is 6.10 Å². The molecule has 0 heterocycles. The number of ether oxygens (including phenoxy) is 1. The highest BCUT2D eigenvalue weighted by molar-refractivity contribution is 6.30. The number of aliphatic hydroxyl groups excluding tert-OH is 1. The van der Waals surface area contributed by atoms with Crippen molar-refractivity contribution in [2.24, 2.45) is 0 Å². The van der Waals surface area contributed by atoms with E-state index in [0.29, 0.717) is 16.3 Å². The van der Waals surface area contributed by atoms with Crippen LogP contribution in [0.25, 0.3) is 0 Å². The van der Waals surface area contributed by atoms with Crippen LogP contribution in [0.1, 0.15) is 24.2 Å². The quantitative estimate of drug-likeness (QED) is 0.888. The number of halogens is 2. The Balaban J connectivity index is 2.43. The Morgan fingerprint density at radius 3 is 2.63 bits per heavy atom. The second-order valence-corrected chi connectivity index (χ2v) is 4.78. The van der Waals surface area contributed by atoms with Gasteiger partial charge in [-0.1, -0.05) is 23.7 Å².